The summed E-state index contributed by atoms with van der Waals surface area (Å²) in [7, 11) is 0. The zero-order valence-corrected chi connectivity index (χ0v) is 10.8. The summed E-state index contributed by atoms with van der Waals surface area (Å²) in [6.07, 6.45) is 0. The number of carboxylic acid groups (broad SMARTS) is 1. The molecule has 0 bridgehead atoms. The van der Waals surface area contributed by atoms with Crippen molar-refractivity contribution < 1.29 is 14.3 Å². The van der Waals surface area contributed by atoms with Crippen LogP contribution in [0.2, 0.25) is 5.02 Å². The molecule has 0 radical (unpaired) electrons. The molecule has 94 valence electrons. The highest BCUT2D eigenvalue weighted by atomic mass is 35.5. The molecule has 0 spiro atoms. The van der Waals surface area contributed by atoms with Crippen molar-refractivity contribution in [3.05, 3.63) is 46.9 Å². The molecule has 6 heteroatoms. The van der Waals surface area contributed by atoms with Gasteiger partial charge in [0.25, 0.3) is 0 Å². The van der Waals surface area contributed by atoms with Gasteiger partial charge in [0.15, 0.2) is 0 Å². The molecule has 3 N–H and O–H groups in total. The highest BCUT2D eigenvalue weighted by Gasteiger charge is 2.10. The summed E-state index contributed by atoms with van der Waals surface area (Å²) in [4.78, 5) is 11.5. The lowest BCUT2D eigenvalue weighted by Gasteiger charge is -2.03. The third-order valence-corrected chi connectivity index (χ3v) is 3.72. The van der Waals surface area contributed by atoms with Crippen molar-refractivity contribution in [3.63, 3.8) is 0 Å². The monoisotopic (exact) mass is 283 g/mol. The molecule has 0 atom stereocenters. The van der Waals surface area contributed by atoms with Gasteiger partial charge in [0.05, 0.1) is 10.8 Å². The fraction of sp³-hybridized carbons (Fsp3) is 0.0833. The van der Waals surface area contributed by atoms with Crippen LogP contribution in [0.3, 0.4) is 0 Å². The molecule has 2 aromatic rings. The third kappa shape index (κ3) is 3.00. The first-order chi connectivity index (χ1) is 8.56. The molecule has 0 aliphatic heterocycles. The van der Waals surface area contributed by atoms with E-state index in [1.54, 1.807) is 24.3 Å². The molecule has 0 amide bonds. The molecule has 0 fully saturated rings. The molecule has 1 aromatic carbocycles. The number of rotatable bonds is 4. The molecule has 0 aliphatic rings. The molecule has 0 saturated carbocycles. The van der Waals surface area contributed by atoms with Gasteiger partial charge in [0.2, 0.25) is 5.76 Å². The van der Waals surface area contributed by atoms with Crippen LogP contribution in [-0.4, -0.2) is 11.1 Å². The first kappa shape index (κ1) is 12.9. The zero-order valence-electron chi connectivity index (χ0n) is 9.22. The number of anilines is 1. The fourth-order valence-electron chi connectivity index (χ4n) is 1.35. The molecule has 0 unspecified atom stereocenters. The average molecular weight is 284 g/mol. The van der Waals surface area contributed by atoms with Gasteiger partial charge in [-0.25, -0.2) is 4.79 Å². The fourth-order valence-corrected chi connectivity index (χ4v) is 2.51. The van der Waals surface area contributed by atoms with Crippen molar-refractivity contribution in [2.45, 2.75) is 10.6 Å². The Kier molecular flexibility index (Phi) is 3.84. The smallest absolute Gasteiger partial charge is 0.371 e. The molecular formula is C12H10ClNO3S. The molecule has 1 aromatic heterocycles. The van der Waals surface area contributed by atoms with Crippen LogP contribution >= 0.6 is 23.4 Å². The van der Waals surface area contributed by atoms with Crippen molar-refractivity contribution in [2.24, 2.45) is 0 Å². The first-order valence-electron chi connectivity index (χ1n) is 5.06. The van der Waals surface area contributed by atoms with Gasteiger partial charge in [-0.3, -0.25) is 0 Å². The molecule has 2 rings (SSSR count). The second-order valence-corrected chi connectivity index (χ2v) is 4.97. The quantitative estimate of drug-likeness (QED) is 0.663. The molecule has 0 saturated heterocycles. The predicted octanol–water partition coefficient (Wildman–Crippen LogP) is 3.51. The number of hydrogen-bond acceptors (Lipinski definition) is 4. The number of aromatic carboxylic acids is 1. The number of nitrogens with two attached hydrogens (primary N) is 1. The van der Waals surface area contributed by atoms with E-state index in [2.05, 4.69) is 0 Å². The Morgan fingerprint density at radius 3 is 2.83 bits per heavy atom. The Bertz CT molecular complexity index is 582. The SMILES string of the molecule is Nc1ccc(Cl)c(SCc2ccc(C(=O)O)o2)c1. The van der Waals surface area contributed by atoms with E-state index in [1.165, 1.54) is 17.8 Å². The first-order valence-corrected chi connectivity index (χ1v) is 6.42. The van der Waals surface area contributed by atoms with Gasteiger partial charge in [-0.15, -0.1) is 11.8 Å². The van der Waals surface area contributed by atoms with Crippen LogP contribution in [0.4, 0.5) is 5.69 Å². The van der Waals surface area contributed by atoms with Crippen LogP contribution in [0, 0.1) is 0 Å². The molecule has 1 heterocycles. The summed E-state index contributed by atoms with van der Waals surface area (Å²) in [5, 5.41) is 9.34. The second-order valence-electron chi connectivity index (χ2n) is 3.55. The van der Waals surface area contributed by atoms with Gasteiger partial charge in [0.1, 0.15) is 5.76 Å². The average Bonchev–Trinajstić information content (AvgIpc) is 2.79. The van der Waals surface area contributed by atoms with Crippen LogP contribution in [0.25, 0.3) is 0 Å². The summed E-state index contributed by atoms with van der Waals surface area (Å²) in [6.45, 7) is 0. The summed E-state index contributed by atoms with van der Waals surface area (Å²) in [5.41, 5.74) is 6.30. The number of thioether (sulfide) groups is 1. The Balaban J connectivity index is 2.06. The summed E-state index contributed by atoms with van der Waals surface area (Å²) in [5.74, 6) is -0.0652. The standard InChI is InChI=1S/C12H10ClNO3S/c13-9-3-1-7(14)5-11(9)18-6-8-2-4-10(17-8)12(15)16/h1-5H,6,14H2,(H,15,16). The van der Waals surface area contributed by atoms with E-state index in [0.29, 0.717) is 22.2 Å². The van der Waals surface area contributed by atoms with Gasteiger partial charge < -0.3 is 15.3 Å². The van der Waals surface area contributed by atoms with Crippen molar-refractivity contribution in [3.8, 4) is 0 Å². The largest absolute Gasteiger partial charge is 0.475 e. The van der Waals surface area contributed by atoms with Crippen LogP contribution in [0.1, 0.15) is 16.3 Å². The van der Waals surface area contributed by atoms with E-state index in [9.17, 15) is 4.79 Å². The molecule has 4 nitrogen and oxygen atoms in total. The van der Waals surface area contributed by atoms with Gasteiger partial charge in [-0.1, -0.05) is 11.6 Å². The number of benzene rings is 1. The minimum atomic E-state index is -1.08. The van der Waals surface area contributed by atoms with Crippen LogP contribution in [0.5, 0.6) is 0 Å². The number of nitrogen functional groups attached to an aromatic ring is 1. The van der Waals surface area contributed by atoms with Crippen molar-refractivity contribution in [1.29, 1.82) is 0 Å². The van der Waals surface area contributed by atoms with Crippen molar-refractivity contribution in [1.82, 2.24) is 0 Å². The maximum absolute atomic E-state index is 10.6. The van der Waals surface area contributed by atoms with E-state index in [4.69, 9.17) is 26.9 Å². The summed E-state index contributed by atoms with van der Waals surface area (Å²) >= 11 is 7.46. The van der Waals surface area contributed by atoms with Crippen LogP contribution in [-0.2, 0) is 5.75 Å². The van der Waals surface area contributed by atoms with E-state index in [1.807, 2.05) is 0 Å². The minimum absolute atomic E-state index is 0.0655. The predicted molar refractivity (Wildman–Crippen MR) is 71.1 cm³/mol. The normalized spacial score (nSPS) is 10.5. The summed E-state index contributed by atoms with van der Waals surface area (Å²) in [6, 6.07) is 8.29. The lowest BCUT2D eigenvalue weighted by atomic mass is 10.3. The van der Waals surface area contributed by atoms with E-state index >= 15 is 0 Å². The van der Waals surface area contributed by atoms with Crippen LogP contribution < -0.4 is 5.73 Å². The zero-order chi connectivity index (χ0) is 13.1. The maximum Gasteiger partial charge on any atom is 0.371 e. The number of carbonyl (C=O) groups is 1. The number of hydrogen-bond donors (Lipinski definition) is 2. The van der Waals surface area contributed by atoms with E-state index in [0.717, 1.165) is 4.90 Å². The Hall–Kier alpha value is -1.59. The van der Waals surface area contributed by atoms with Gasteiger partial charge in [-0.2, -0.15) is 0 Å². The van der Waals surface area contributed by atoms with Gasteiger partial charge in [-0.05, 0) is 30.3 Å². The lowest BCUT2D eigenvalue weighted by Crippen LogP contribution is -1.91. The van der Waals surface area contributed by atoms with E-state index < -0.39 is 5.97 Å². The highest BCUT2D eigenvalue weighted by Crippen LogP contribution is 2.31. The van der Waals surface area contributed by atoms with Crippen molar-refractivity contribution >= 4 is 35.0 Å². The Labute approximate surface area is 113 Å². The van der Waals surface area contributed by atoms with E-state index in [-0.39, 0.29) is 5.76 Å². The number of halogens is 1. The van der Waals surface area contributed by atoms with Gasteiger partial charge in [0, 0.05) is 10.6 Å². The number of carboxylic acids is 1. The molecule has 18 heavy (non-hydrogen) atoms. The Morgan fingerprint density at radius 2 is 2.17 bits per heavy atom. The minimum Gasteiger partial charge on any atom is -0.475 e. The highest BCUT2D eigenvalue weighted by molar-refractivity contribution is 7.98. The second kappa shape index (κ2) is 5.37. The lowest BCUT2D eigenvalue weighted by molar-refractivity contribution is 0.0661. The third-order valence-electron chi connectivity index (χ3n) is 2.20. The maximum atomic E-state index is 10.6. The Morgan fingerprint density at radius 1 is 1.39 bits per heavy atom. The number of furan rings is 1. The topological polar surface area (TPSA) is 76.5 Å². The van der Waals surface area contributed by atoms with Crippen LogP contribution in [0.15, 0.2) is 39.6 Å². The van der Waals surface area contributed by atoms with Gasteiger partial charge >= 0.3 is 5.97 Å². The van der Waals surface area contributed by atoms with Crippen molar-refractivity contribution in [2.75, 3.05) is 5.73 Å². The summed E-state index contributed by atoms with van der Waals surface area (Å²) < 4.78 is 5.14. The molecule has 0 aliphatic carbocycles. The molecular weight excluding hydrogens is 274 g/mol.